The maximum Gasteiger partial charge on any atom is 0.219 e. The van der Waals surface area contributed by atoms with Crippen LogP contribution in [0.4, 0.5) is 0 Å². The predicted octanol–water partition coefficient (Wildman–Crippen LogP) is 3.44. The van der Waals surface area contributed by atoms with Crippen LogP contribution in [0.1, 0.15) is 18.9 Å². The lowest BCUT2D eigenvalue weighted by Gasteiger charge is -2.04. The number of hydrogen-bond donors (Lipinski definition) is 1. The molecule has 1 aromatic carbocycles. The van der Waals surface area contributed by atoms with E-state index in [-0.39, 0.29) is 5.91 Å². The number of amides is 1. The topological polar surface area (TPSA) is 29.1 Å². The fourth-order valence-corrected chi connectivity index (χ4v) is 2.23. The monoisotopic (exact) mass is 245 g/mol. The fraction of sp³-hybridized carbons (Fsp3) is 0.214. The van der Waals surface area contributed by atoms with E-state index in [1.807, 2.05) is 6.92 Å². The van der Waals surface area contributed by atoms with E-state index in [4.69, 9.17) is 0 Å². The van der Waals surface area contributed by atoms with Crippen LogP contribution in [0.25, 0.3) is 11.1 Å². The Morgan fingerprint density at radius 3 is 2.53 bits per heavy atom. The van der Waals surface area contributed by atoms with Gasteiger partial charge in [0.15, 0.2) is 0 Å². The van der Waals surface area contributed by atoms with Gasteiger partial charge in [-0.1, -0.05) is 31.2 Å². The predicted molar refractivity (Wildman–Crippen MR) is 71.9 cm³/mol. The Balaban J connectivity index is 2.01. The largest absolute Gasteiger partial charge is 0.352 e. The van der Waals surface area contributed by atoms with Crippen molar-refractivity contribution in [3.05, 3.63) is 46.7 Å². The zero-order valence-electron chi connectivity index (χ0n) is 9.77. The van der Waals surface area contributed by atoms with Crippen molar-refractivity contribution in [3.63, 3.8) is 0 Å². The van der Waals surface area contributed by atoms with Crippen molar-refractivity contribution < 1.29 is 4.79 Å². The molecule has 0 unspecified atom stereocenters. The van der Waals surface area contributed by atoms with E-state index in [0.29, 0.717) is 13.0 Å². The third-order valence-corrected chi connectivity index (χ3v) is 3.30. The maximum atomic E-state index is 11.1. The highest BCUT2D eigenvalue weighted by molar-refractivity contribution is 7.08. The van der Waals surface area contributed by atoms with Gasteiger partial charge in [0, 0.05) is 13.0 Å². The summed E-state index contributed by atoms with van der Waals surface area (Å²) in [4.78, 5) is 11.1. The standard InChI is InChI=1S/C14H15NOS/c1-2-14(16)15-9-11-3-5-12(6-4-11)13-7-8-17-10-13/h3-8,10H,2,9H2,1H3,(H,15,16). The lowest BCUT2D eigenvalue weighted by atomic mass is 10.1. The highest BCUT2D eigenvalue weighted by Crippen LogP contribution is 2.22. The van der Waals surface area contributed by atoms with Crippen LogP contribution in [0.2, 0.25) is 0 Å². The molecule has 0 atom stereocenters. The van der Waals surface area contributed by atoms with E-state index in [2.05, 4.69) is 46.4 Å². The van der Waals surface area contributed by atoms with Gasteiger partial charge in [-0.3, -0.25) is 4.79 Å². The first-order valence-electron chi connectivity index (χ1n) is 5.68. The van der Waals surface area contributed by atoms with Crippen LogP contribution in [0, 0.1) is 0 Å². The van der Waals surface area contributed by atoms with Gasteiger partial charge < -0.3 is 5.32 Å². The van der Waals surface area contributed by atoms with Gasteiger partial charge in [0.05, 0.1) is 0 Å². The first-order chi connectivity index (χ1) is 8.29. The average molecular weight is 245 g/mol. The molecule has 88 valence electrons. The van der Waals surface area contributed by atoms with Crippen LogP contribution >= 0.6 is 11.3 Å². The number of nitrogens with one attached hydrogen (secondary N) is 1. The number of thiophene rings is 1. The van der Waals surface area contributed by atoms with E-state index in [9.17, 15) is 4.79 Å². The van der Waals surface area contributed by atoms with Crippen LogP contribution in [-0.4, -0.2) is 5.91 Å². The van der Waals surface area contributed by atoms with Crippen LogP contribution < -0.4 is 5.32 Å². The molecule has 1 aromatic heterocycles. The van der Waals surface area contributed by atoms with E-state index >= 15 is 0 Å². The van der Waals surface area contributed by atoms with Crippen molar-refractivity contribution in [2.75, 3.05) is 0 Å². The fourth-order valence-electron chi connectivity index (χ4n) is 1.57. The molecule has 0 aliphatic rings. The van der Waals surface area contributed by atoms with Crippen molar-refractivity contribution in [1.82, 2.24) is 5.32 Å². The third kappa shape index (κ3) is 3.17. The molecule has 2 aromatic rings. The summed E-state index contributed by atoms with van der Waals surface area (Å²) in [5, 5.41) is 7.07. The molecule has 1 heterocycles. The number of hydrogen-bond acceptors (Lipinski definition) is 2. The number of rotatable bonds is 4. The number of carbonyl (C=O) groups excluding carboxylic acids is 1. The first-order valence-corrected chi connectivity index (χ1v) is 6.62. The number of carbonyl (C=O) groups is 1. The highest BCUT2D eigenvalue weighted by Gasteiger charge is 2.00. The van der Waals surface area contributed by atoms with E-state index in [1.165, 1.54) is 11.1 Å². The third-order valence-electron chi connectivity index (χ3n) is 2.62. The van der Waals surface area contributed by atoms with Gasteiger partial charge in [-0.25, -0.2) is 0 Å². The summed E-state index contributed by atoms with van der Waals surface area (Å²) in [5.74, 6) is 0.0897. The van der Waals surface area contributed by atoms with Gasteiger partial charge in [0.25, 0.3) is 0 Å². The zero-order chi connectivity index (χ0) is 12.1. The summed E-state index contributed by atoms with van der Waals surface area (Å²) < 4.78 is 0. The molecule has 17 heavy (non-hydrogen) atoms. The maximum absolute atomic E-state index is 11.1. The minimum Gasteiger partial charge on any atom is -0.352 e. The Hall–Kier alpha value is -1.61. The quantitative estimate of drug-likeness (QED) is 0.878. The molecular weight excluding hydrogens is 230 g/mol. The first kappa shape index (κ1) is 11.9. The van der Waals surface area contributed by atoms with Crippen LogP contribution in [-0.2, 0) is 11.3 Å². The Kier molecular flexibility index (Phi) is 3.94. The van der Waals surface area contributed by atoms with Crippen molar-refractivity contribution in [2.45, 2.75) is 19.9 Å². The summed E-state index contributed by atoms with van der Waals surface area (Å²) in [6, 6.07) is 10.4. The second kappa shape index (κ2) is 5.64. The summed E-state index contributed by atoms with van der Waals surface area (Å²) in [5.41, 5.74) is 3.60. The van der Waals surface area contributed by atoms with Gasteiger partial charge in [-0.2, -0.15) is 11.3 Å². The van der Waals surface area contributed by atoms with Gasteiger partial charge in [0.1, 0.15) is 0 Å². The van der Waals surface area contributed by atoms with Crippen LogP contribution in [0.5, 0.6) is 0 Å². The van der Waals surface area contributed by atoms with Crippen molar-refractivity contribution in [3.8, 4) is 11.1 Å². The molecule has 1 amide bonds. The molecule has 0 aliphatic heterocycles. The lowest BCUT2D eigenvalue weighted by molar-refractivity contribution is -0.120. The van der Waals surface area contributed by atoms with Gasteiger partial charge in [0.2, 0.25) is 5.91 Å². The molecule has 0 saturated carbocycles. The number of benzene rings is 1. The van der Waals surface area contributed by atoms with Crippen LogP contribution in [0.15, 0.2) is 41.1 Å². The van der Waals surface area contributed by atoms with Crippen molar-refractivity contribution in [1.29, 1.82) is 0 Å². The smallest absolute Gasteiger partial charge is 0.219 e. The minimum atomic E-state index is 0.0897. The average Bonchev–Trinajstić information content (AvgIpc) is 2.90. The molecule has 1 N–H and O–H groups in total. The molecule has 2 rings (SSSR count). The second-order valence-electron chi connectivity index (χ2n) is 3.84. The Morgan fingerprint density at radius 2 is 1.94 bits per heavy atom. The summed E-state index contributed by atoms with van der Waals surface area (Å²) >= 11 is 1.70. The Morgan fingerprint density at radius 1 is 1.18 bits per heavy atom. The second-order valence-corrected chi connectivity index (χ2v) is 4.62. The summed E-state index contributed by atoms with van der Waals surface area (Å²) in [6.45, 7) is 2.46. The zero-order valence-corrected chi connectivity index (χ0v) is 10.6. The van der Waals surface area contributed by atoms with Crippen LogP contribution in [0.3, 0.4) is 0 Å². The van der Waals surface area contributed by atoms with Gasteiger partial charge in [-0.15, -0.1) is 0 Å². The summed E-state index contributed by atoms with van der Waals surface area (Å²) in [7, 11) is 0. The Bertz CT molecular complexity index is 473. The molecule has 0 fully saturated rings. The SMILES string of the molecule is CCC(=O)NCc1ccc(-c2ccsc2)cc1. The highest BCUT2D eigenvalue weighted by atomic mass is 32.1. The van der Waals surface area contributed by atoms with Gasteiger partial charge in [-0.05, 0) is 33.5 Å². The molecule has 0 spiro atoms. The molecule has 0 saturated heterocycles. The molecule has 2 nitrogen and oxygen atoms in total. The van der Waals surface area contributed by atoms with Gasteiger partial charge >= 0.3 is 0 Å². The van der Waals surface area contributed by atoms with Crippen molar-refractivity contribution in [2.24, 2.45) is 0 Å². The van der Waals surface area contributed by atoms with Crippen molar-refractivity contribution >= 4 is 17.2 Å². The normalized spacial score (nSPS) is 10.2. The lowest BCUT2D eigenvalue weighted by Crippen LogP contribution is -2.21. The van der Waals surface area contributed by atoms with E-state index < -0.39 is 0 Å². The molecule has 3 heteroatoms. The molecule has 0 aliphatic carbocycles. The molecular formula is C14H15NOS. The summed E-state index contributed by atoms with van der Waals surface area (Å²) in [6.07, 6.45) is 0.535. The molecule has 0 bridgehead atoms. The molecule has 0 radical (unpaired) electrons. The minimum absolute atomic E-state index is 0.0897. The van der Waals surface area contributed by atoms with E-state index in [0.717, 1.165) is 5.56 Å². The Labute approximate surface area is 105 Å². The van der Waals surface area contributed by atoms with E-state index in [1.54, 1.807) is 11.3 Å².